The second kappa shape index (κ2) is 6.47. The maximum Gasteiger partial charge on any atom is 0.120 e. The molecule has 0 N–H and O–H groups in total. The molecule has 1 heterocycles. The average Bonchev–Trinajstić information content (AvgIpc) is 2.39. The van der Waals surface area contributed by atoms with E-state index in [1.807, 2.05) is 45.0 Å². The highest BCUT2D eigenvalue weighted by atomic mass is 35.5. The van der Waals surface area contributed by atoms with Gasteiger partial charge in [-0.3, -0.25) is 4.98 Å². The summed E-state index contributed by atoms with van der Waals surface area (Å²) < 4.78 is 5.52. The van der Waals surface area contributed by atoms with Crippen LogP contribution < -0.4 is 4.74 Å². The first-order valence-corrected chi connectivity index (χ1v) is 7.32. The van der Waals surface area contributed by atoms with Crippen molar-refractivity contribution in [3.8, 4) is 5.75 Å². The first-order chi connectivity index (χ1) is 9.52. The zero-order valence-electron chi connectivity index (χ0n) is 11.8. The fourth-order valence-electron chi connectivity index (χ4n) is 2.09. The van der Waals surface area contributed by atoms with E-state index in [4.69, 9.17) is 27.9 Å². The Bertz CT molecular complexity index is 661. The van der Waals surface area contributed by atoms with Gasteiger partial charge in [0.2, 0.25) is 0 Å². The highest BCUT2D eigenvalue weighted by Crippen LogP contribution is 2.31. The van der Waals surface area contributed by atoms with Crippen LogP contribution in [0.3, 0.4) is 0 Å². The first kappa shape index (κ1) is 15.1. The number of pyridine rings is 1. The van der Waals surface area contributed by atoms with Crippen LogP contribution in [0, 0.1) is 6.92 Å². The third kappa shape index (κ3) is 3.25. The smallest absolute Gasteiger partial charge is 0.120 e. The average molecular weight is 310 g/mol. The van der Waals surface area contributed by atoms with Crippen molar-refractivity contribution in [2.24, 2.45) is 0 Å². The molecular weight excluding hydrogens is 293 g/mol. The summed E-state index contributed by atoms with van der Waals surface area (Å²) in [6, 6.07) is 5.79. The van der Waals surface area contributed by atoms with E-state index in [9.17, 15) is 0 Å². The van der Waals surface area contributed by atoms with Gasteiger partial charge in [0.1, 0.15) is 5.75 Å². The summed E-state index contributed by atoms with van der Waals surface area (Å²) in [4.78, 5) is 4.60. The fourth-order valence-corrected chi connectivity index (χ4v) is 2.54. The molecule has 106 valence electrons. The Morgan fingerprint density at radius 2 is 2.15 bits per heavy atom. The molecule has 1 aromatic carbocycles. The van der Waals surface area contributed by atoms with Gasteiger partial charge in [-0.2, -0.15) is 0 Å². The minimum atomic E-state index is 0.628. The molecule has 0 unspecified atom stereocenters. The maximum absolute atomic E-state index is 6.53. The molecule has 0 aliphatic carbocycles. The van der Waals surface area contributed by atoms with Crippen LogP contribution in [-0.2, 0) is 6.42 Å². The number of benzene rings is 1. The van der Waals surface area contributed by atoms with Crippen molar-refractivity contribution in [3.05, 3.63) is 45.6 Å². The number of fused-ring (bicyclic) bond motifs is 1. The van der Waals surface area contributed by atoms with Gasteiger partial charge in [0.15, 0.2) is 0 Å². The number of hydrogen-bond donors (Lipinski definition) is 0. The van der Waals surface area contributed by atoms with Crippen molar-refractivity contribution in [3.63, 3.8) is 0 Å². The second-order valence-corrected chi connectivity index (χ2v) is 5.57. The van der Waals surface area contributed by atoms with E-state index in [0.717, 1.165) is 38.0 Å². The molecule has 0 radical (unpaired) electrons. The fraction of sp³-hybridized carbons (Fsp3) is 0.312. The lowest BCUT2D eigenvalue weighted by Gasteiger charge is -2.11. The zero-order valence-corrected chi connectivity index (χ0v) is 13.3. The number of nitrogens with zero attached hydrogens (tertiary/aromatic N) is 1. The number of aryl methyl sites for hydroxylation is 1. The summed E-state index contributed by atoms with van der Waals surface area (Å²) in [7, 11) is 0. The summed E-state index contributed by atoms with van der Waals surface area (Å²) in [6.07, 6.45) is 2.62. The number of aromatic nitrogens is 1. The molecule has 2 nitrogen and oxygen atoms in total. The second-order valence-electron chi connectivity index (χ2n) is 4.60. The van der Waals surface area contributed by atoms with Gasteiger partial charge in [-0.05, 0) is 51.0 Å². The highest BCUT2D eigenvalue weighted by molar-refractivity contribution is 6.36. The monoisotopic (exact) mass is 309 g/mol. The van der Waals surface area contributed by atoms with E-state index < -0.39 is 0 Å². The SMILES string of the molecule is CCOc1ccc2nc(C)c(CC=C(C)Cl)c(Cl)c2c1. The van der Waals surface area contributed by atoms with Crippen molar-refractivity contribution < 1.29 is 4.74 Å². The zero-order chi connectivity index (χ0) is 14.7. The Balaban J connectivity index is 2.56. The molecule has 0 spiro atoms. The molecule has 4 heteroatoms. The molecule has 0 aliphatic rings. The molecule has 0 saturated heterocycles. The van der Waals surface area contributed by atoms with E-state index in [1.54, 1.807) is 0 Å². The van der Waals surface area contributed by atoms with Crippen LogP contribution in [0.1, 0.15) is 25.1 Å². The molecule has 0 amide bonds. The highest BCUT2D eigenvalue weighted by Gasteiger charge is 2.11. The molecule has 2 aromatic rings. The van der Waals surface area contributed by atoms with Gasteiger partial charge in [-0.1, -0.05) is 29.3 Å². The molecule has 20 heavy (non-hydrogen) atoms. The minimum Gasteiger partial charge on any atom is -0.494 e. The normalized spacial score (nSPS) is 11.9. The molecule has 0 bridgehead atoms. The van der Waals surface area contributed by atoms with Gasteiger partial charge < -0.3 is 4.74 Å². The Morgan fingerprint density at radius 1 is 1.40 bits per heavy atom. The van der Waals surface area contributed by atoms with Gasteiger partial charge >= 0.3 is 0 Å². The van der Waals surface area contributed by atoms with Crippen LogP contribution in [0.2, 0.25) is 5.02 Å². The summed E-state index contributed by atoms with van der Waals surface area (Å²) in [5.74, 6) is 0.808. The van der Waals surface area contributed by atoms with Crippen molar-refractivity contribution >= 4 is 34.1 Å². The Kier molecular flexibility index (Phi) is 4.90. The maximum atomic E-state index is 6.53. The Labute approximate surface area is 129 Å². The van der Waals surface area contributed by atoms with Crippen LogP contribution in [0.5, 0.6) is 5.75 Å². The minimum absolute atomic E-state index is 0.628. The van der Waals surface area contributed by atoms with Crippen LogP contribution >= 0.6 is 23.2 Å². The largest absolute Gasteiger partial charge is 0.494 e. The molecule has 2 rings (SSSR count). The summed E-state index contributed by atoms with van der Waals surface area (Å²) in [6.45, 7) is 6.41. The van der Waals surface area contributed by atoms with E-state index in [-0.39, 0.29) is 0 Å². The van der Waals surface area contributed by atoms with Crippen LogP contribution in [0.25, 0.3) is 10.9 Å². The molecule has 0 saturated carbocycles. The Morgan fingerprint density at radius 3 is 2.80 bits per heavy atom. The molecule has 0 fully saturated rings. The summed E-state index contributed by atoms with van der Waals surface area (Å²) in [5.41, 5.74) is 2.82. The standard InChI is InChI=1S/C16H17Cl2NO/c1-4-20-12-6-8-15-14(9-12)16(18)13(11(3)19-15)7-5-10(2)17/h5-6,8-9H,4,7H2,1-3H3. The number of allylic oxidation sites excluding steroid dienone is 2. The van der Waals surface area contributed by atoms with Crippen LogP contribution in [0.4, 0.5) is 0 Å². The predicted molar refractivity (Wildman–Crippen MR) is 86.0 cm³/mol. The van der Waals surface area contributed by atoms with Gasteiger partial charge in [-0.25, -0.2) is 0 Å². The number of halogens is 2. The van der Waals surface area contributed by atoms with Gasteiger partial charge in [0.05, 0.1) is 17.1 Å². The third-order valence-electron chi connectivity index (χ3n) is 3.09. The van der Waals surface area contributed by atoms with E-state index in [2.05, 4.69) is 4.98 Å². The molecular formula is C16H17Cl2NO. The lowest BCUT2D eigenvalue weighted by molar-refractivity contribution is 0.340. The number of rotatable bonds is 4. The van der Waals surface area contributed by atoms with Crippen molar-refractivity contribution in [1.29, 1.82) is 0 Å². The lowest BCUT2D eigenvalue weighted by Crippen LogP contribution is -1.97. The third-order valence-corrected chi connectivity index (χ3v) is 3.68. The lowest BCUT2D eigenvalue weighted by atomic mass is 10.1. The van der Waals surface area contributed by atoms with Gasteiger partial charge in [0.25, 0.3) is 0 Å². The number of ether oxygens (including phenoxy) is 1. The quantitative estimate of drug-likeness (QED) is 0.766. The number of hydrogen-bond acceptors (Lipinski definition) is 2. The predicted octanol–water partition coefficient (Wildman–Crippen LogP) is 5.28. The molecule has 0 atom stereocenters. The van der Waals surface area contributed by atoms with Crippen molar-refractivity contribution in [2.45, 2.75) is 27.2 Å². The van der Waals surface area contributed by atoms with Crippen molar-refractivity contribution in [1.82, 2.24) is 4.98 Å². The van der Waals surface area contributed by atoms with Gasteiger partial charge in [0, 0.05) is 16.1 Å². The van der Waals surface area contributed by atoms with E-state index in [0.29, 0.717) is 13.0 Å². The van der Waals surface area contributed by atoms with E-state index in [1.165, 1.54) is 0 Å². The molecule has 0 aliphatic heterocycles. The summed E-state index contributed by atoms with van der Waals surface area (Å²) >= 11 is 12.4. The van der Waals surface area contributed by atoms with E-state index >= 15 is 0 Å². The topological polar surface area (TPSA) is 22.1 Å². The first-order valence-electron chi connectivity index (χ1n) is 6.56. The summed E-state index contributed by atoms with van der Waals surface area (Å²) in [5, 5.41) is 2.39. The van der Waals surface area contributed by atoms with Gasteiger partial charge in [-0.15, -0.1) is 0 Å². The molecule has 1 aromatic heterocycles. The van der Waals surface area contributed by atoms with Crippen LogP contribution in [0.15, 0.2) is 29.3 Å². The van der Waals surface area contributed by atoms with Crippen LogP contribution in [-0.4, -0.2) is 11.6 Å². The Hall–Kier alpha value is -1.25. The van der Waals surface area contributed by atoms with Crippen molar-refractivity contribution in [2.75, 3.05) is 6.61 Å².